The Hall–Kier alpha value is -4.53. The van der Waals surface area contributed by atoms with Crippen molar-refractivity contribution in [3.63, 3.8) is 0 Å². The van der Waals surface area contributed by atoms with Gasteiger partial charge in [-0.2, -0.15) is 0 Å². The number of aromatic nitrogens is 5. The van der Waals surface area contributed by atoms with Gasteiger partial charge < -0.3 is 20.2 Å². The molecule has 0 atom stereocenters. The van der Waals surface area contributed by atoms with Crippen molar-refractivity contribution in [1.29, 1.82) is 0 Å². The van der Waals surface area contributed by atoms with E-state index in [0.29, 0.717) is 34.5 Å². The Balaban J connectivity index is 1.32. The minimum atomic E-state index is -0.464. The standard InChI is InChI=1S/C24H19FN6O2/c1-14-27-9-15(10-28-14)12-32-19-6-17(25)7-20(8-19)33-18-4-2-16(3-5-18)21-11-29-24-22(21)23(26)30-13-31-24/h2-11,13H,12H2,1H3,(H3,26,29,30,31). The summed E-state index contributed by atoms with van der Waals surface area (Å²) in [4.78, 5) is 19.6. The number of anilines is 1. The minimum absolute atomic E-state index is 0.218. The number of H-pyrrole nitrogens is 1. The number of nitrogens with zero attached hydrogens (tertiary/aromatic N) is 4. The van der Waals surface area contributed by atoms with Gasteiger partial charge in [0.25, 0.3) is 0 Å². The zero-order valence-electron chi connectivity index (χ0n) is 17.6. The first-order valence-corrected chi connectivity index (χ1v) is 10.1. The van der Waals surface area contributed by atoms with E-state index in [1.807, 2.05) is 18.3 Å². The molecule has 3 N–H and O–H groups in total. The maximum absolute atomic E-state index is 14.1. The van der Waals surface area contributed by atoms with Crippen LogP contribution in [0.2, 0.25) is 0 Å². The Morgan fingerprint density at radius 1 is 0.939 bits per heavy atom. The fraction of sp³-hybridized carbons (Fsp3) is 0.0833. The fourth-order valence-electron chi connectivity index (χ4n) is 3.39. The van der Waals surface area contributed by atoms with E-state index in [0.717, 1.165) is 22.1 Å². The molecule has 2 aromatic carbocycles. The molecule has 0 saturated carbocycles. The summed E-state index contributed by atoms with van der Waals surface area (Å²) in [7, 11) is 0. The third-order valence-electron chi connectivity index (χ3n) is 4.98. The Morgan fingerprint density at radius 3 is 2.48 bits per heavy atom. The lowest BCUT2D eigenvalue weighted by molar-refractivity contribution is 0.301. The molecule has 0 unspecified atom stereocenters. The molecule has 0 fully saturated rings. The number of benzene rings is 2. The normalized spacial score (nSPS) is 11.0. The average Bonchev–Trinajstić information content (AvgIpc) is 3.25. The highest BCUT2D eigenvalue weighted by molar-refractivity contribution is 6.00. The highest BCUT2D eigenvalue weighted by Gasteiger charge is 2.11. The van der Waals surface area contributed by atoms with E-state index in [9.17, 15) is 4.39 Å². The van der Waals surface area contributed by atoms with E-state index in [2.05, 4.69) is 24.9 Å². The predicted molar refractivity (Wildman–Crippen MR) is 121 cm³/mol. The van der Waals surface area contributed by atoms with E-state index >= 15 is 0 Å². The van der Waals surface area contributed by atoms with Crippen LogP contribution < -0.4 is 15.2 Å². The molecule has 0 radical (unpaired) electrons. The SMILES string of the molecule is Cc1ncc(COc2cc(F)cc(Oc3ccc(-c4c[nH]c5ncnc(N)c45)cc3)c2)cn1. The molecule has 0 aliphatic rings. The van der Waals surface area contributed by atoms with Crippen molar-refractivity contribution < 1.29 is 13.9 Å². The van der Waals surface area contributed by atoms with Crippen molar-refractivity contribution >= 4 is 16.9 Å². The Morgan fingerprint density at radius 2 is 1.70 bits per heavy atom. The molecule has 3 heterocycles. The van der Waals surface area contributed by atoms with Gasteiger partial charge in [-0.15, -0.1) is 0 Å². The number of nitrogens with two attached hydrogens (primary N) is 1. The summed E-state index contributed by atoms with van der Waals surface area (Å²) in [6.45, 7) is 2.02. The van der Waals surface area contributed by atoms with Gasteiger partial charge in [-0.3, -0.25) is 0 Å². The van der Waals surface area contributed by atoms with Crippen molar-refractivity contribution in [2.45, 2.75) is 13.5 Å². The van der Waals surface area contributed by atoms with Crippen molar-refractivity contribution in [2.75, 3.05) is 5.73 Å². The van der Waals surface area contributed by atoms with E-state index < -0.39 is 5.82 Å². The third-order valence-corrected chi connectivity index (χ3v) is 4.98. The van der Waals surface area contributed by atoms with Gasteiger partial charge in [-0.05, 0) is 24.6 Å². The molecule has 0 aliphatic heterocycles. The van der Waals surface area contributed by atoms with Crippen LogP contribution in [0.25, 0.3) is 22.2 Å². The maximum atomic E-state index is 14.1. The molecule has 5 rings (SSSR count). The van der Waals surface area contributed by atoms with Crippen LogP contribution in [-0.2, 0) is 6.61 Å². The number of hydrogen-bond acceptors (Lipinski definition) is 7. The second kappa shape index (κ2) is 8.54. The molecule has 0 aliphatic carbocycles. The van der Waals surface area contributed by atoms with Gasteiger partial charge in [0, 0.05) is 47.9 Å². The summed E-state index contributed by atoms with van der Waals surface area (Å²) in [5, 5.41) is 0.761. The second-order valence-corrected chi connectivity index (χ2v) is 7.36. The largest absolute Gasteiger partial charge is 0.489 e. The predicted octanol–water partition coefficient (Wildman–Crippen LogP) is 4.82. The summed E-state index contributed by atoms with van der Waals surface area (Å²) < 4.78 is 25.7. The first-order chi connectivity index (χ1) is 16.0. The first-order valence-electron chi connectivity index (χ1n) is 10.1. The van der Waals surface area contributed by atoms with Crippen LogP contribution >= 0.6 is 0 Å². The highest BCUT2D eigenvalue weighted by Crippen LogP contribution is 2.33. The lowest BCUT2D eigenvalue weighted by Gasteiger charge is -2.10. The lowest BCUT2D eigenvalue weighted by Crippen LogP contribution is -1.99. The van der Waals surface area contributed by atoms with Gasteiger partial charge in [0.05, 0.1) is 5.39 Å². The first kappa shape index (κ1) is 20.4. The third kappa shape index (κ3) is 4.42. The van der Waals surface area contributed by atoms with Crippen LogP contribution in [0.15, 0.2) is 67.4 Å². The zero-order chi connectivity index (χ0) is 22.8. The average molecular weight is 442 g/mol. The van der Waals surface area contributed by atoms with E-state index in [-0.39, 0.29) is 6.61 Å². The summed E-state index contributed by atoms with van der Waals surface area (Å²) in [5.41, 5.74) is 9.27. The molecular formula is C24H19FN6O2. The molecule has 0 bridgehead atoms. The molecule has 0 amide bonds. The number of hydrogen-bond donors (Lipinski definition) is 2. The van der Waals surface area contributed by atoms with Crippen molar-refractivity contribution in [2.24, 2.45) is 0 Å². The van der Waals surface area contributed by atoms with Gasteiger partial charge in [0.1, 0.15) is 53.3 Å². The number of ether oxygens (including phenoxy) is 2. The number of aromatic amines is 1. The van der Waals surface area contributed by atoms with E-state index in [4.69, 9.17) is 15.2 Å². The van der Waals surface area contributed by atoms with Crippen LogP contribution in [0.1, 0.15) is 11.4 Å². The molecule has 33 heavy (non-hydrogen) atoms. The molecule has 9 heteroatoms. The quantitative estimate of drug-likeness (QED) is 0.388. The monoisotopic (exact) mass is 442 g/mol. The Kier molecular flexibility index (Phi) is 5.27. The van der Waals surface area contributed by atoms with Gasteiger partial charge in [0.2, 0.25) is 0 Å². The van der Waals surface area contributed by atoms with Gasteiger partial charge in [-0.1, -0.05) is 12.1 Å². The number of rotatable bonds is 6. The second-order valence-electron chi connectivity index (χ2n) is 7.36. The van der Waals surface area contributed by atoms with Crippen LogP contribution in [0.3, 0.4) is 0 Å². The van der Waals surface area contributed by atoms with Crippen LogP contribution in [0.5, 0.6) is 17.2 Å². The molecule has 3 aromatic heterocycles. The summed E-state index contributed by atoms with van der Waals surface area (Å²) in [6, 6.07) is 11.6. The number of halogens is 1. The number of aryl methyl sites for hydroxylation is 1. The lowest BCUT2D eigenvalue weighted by atomic mass is 10.1. The summed E-state index contributed by atoms with van der Waals surface area (Å²) >= 11 is 0. The molecule has 8 nitrogen and oxygen atoms in total. The van der Waals surface area contributed by atoms with Crippen LogP contribution in [-0.4, -0.2) is 24.9 Å². The molecule has 0 saturated heterocycles. The van der Waals surface area contributed by atoms with Crippen LogP contribution in [0.4, 0.5) is 10.2 Å². The highest BCUT2D eigenvalue weighted by atomic mass is 19.1. The van der Waals surface area contributed by atoms with E-state index in [1.54, 1.807) is 37.5 Å². The van der Waals surface area contributed by atoms with Crippen molar-refractivity contribution in [3.8, 4) is 28.4 Å². The maximum Gasteiger partial charge on any atom is 0.143 e. The minimum Gasteiger partial charge on any atom is -0.489 e. The Labute approximate surface area is 188 Å². The topological polar surface area (TPSA) is 112 Å². The summed E-state index contributed by atoms with van der Waals surface area (Å²) in [6.07, 6.45) is 6.60. The fourth-order valence-corrected chi connectivity index (χ4v) is 3.39. The van der Waals surface area contributed by atoms with E-state index in [1.165, 1.54) is 18.5 Å². The van der Waals surface area contributed by atoms with Crippen LogP contribution in [0, 0.1) is 12.7 Å². The van der Waals surface area contributed by atoms with Gasteiger partial charge >= 0.3 is 0 Å². The molecule has 0 spiro atoms. The molecule has 164 valence electrons. The molecular weight excluding hydrogens is 423 g/mol. The number of fused-ring (bicyclic) bond motifs is 1. The van der Waals surface area contributed by atoms with Gasteiger partial charge in [-0.25, -0.2) is 24.3 Å². The van der Waals surface area contributed by atoms with Gasteiger partial charge in [0.15, 0.2) is 0 Å². The number of nitrogens with one attached hydrogen (secondary N) is 1. The zero-order valence-corrected chi connectivity index (χ0v) is 17.6. The van der Waals surface area contributed by atoms with Crippen molar-refractivity contribution in [3.05, 3.63) is 84.6 Å². The smallest absolute Gasteiger partial charge is 0.143 e. The van der Waals surface area contributed by atoms with Crippen molar-refractivity contribution in [1.82, 2.24) is 24.9 Å². The summed E-state index contributed by atoms with van der Waals surface area (Å²) in [5.74, 6) is 1.83. The Bertz CT molecular complexity index is 1420. The number of nitrogen functional groups attached to an aromatic ring is 1. The molecule has 5 aromatic rings.